The Kier molecular flexibility index (Phi) is 1.86. The maximum absolute atomic E-state index is 10.6. The van der Waals surface area contributed by atoms with E-state index in [0.717, 1.165) is 23.0 Å². The summed E-state index contributed by atoms with van der Waals surface area (Å²) in [6.45, 7) is 0. The molecule has 2 aromatic heterocycles. The van der Waals surface area contributed by atoms with Gasteiger partial charge in [0, 0.05) is 23.3 Å². The third kappa shape index (κ3) is 1.24. The van der Waals surface area contributed by atoms with Crippen molar-refractivity contribution in [3.8, 4) is 5.82 Å². The molecule has 1 N–H and O–H groups in total. The molecule has 2 heterocycles. The zero-order valence-corrected chi connectivity index (χ0v) is 8.42. The molecular weight excluding hydrogens is 202 g/mol. The largest absolute Gasteiger partial charge is 0.307 e. The summed E-state index contributed by atoms with van der Waals surface area (Å²) in [6, 6.07) is 9.37. The number of aromatic nitrogens is 3. The van der Waals surface area contributed by atoms with E-state index in [2.05, 4.69) is 10.2 Å². The molecule has 0 aliphatic carbocycles. The lowest BCUT2D eigenvalue weighted by atomic mass is 10.2. The van der Waals surface area contributed by atoms with E-state index in [0.29, 0.717) is 5.56 Å². The molecule has 78 valence electrons. The first-order valence-corrected chi connectivity index (χ1v) is 4.95. The van der Waals surface area contributed by atoms with Crippen molar-refractivity contribution in [3.63, 3.8) is 0 Å². The van der Waals surface area contributed by atoms with Gasteiger partial charge in [0.1, 0.15) is 6.29 Å². The first-order valence-electron chi connectivity index (χ1n) is 4.95. The molecule has 0 atom stereocenters. The second-order valence-corrected chi connectivity index (χ2v) is 3.56. The number of aldehydes is 1. The van der Waals surface area contributed by atoms with Gasteiger partial charge in [0.15, 0.2) is 5.82 Å². The van der Waals surface area contributed by atoms with Crippen LogP contribution in [0.2, 0.25) is 0 Å². The summed E-state index contributed by atoms with van der Waals surface area (Å²) in [4.78, 5) is 10.6. The topological polar surface area (TPSA) is 50.7 Å². The number of fused-ring (bicyclic) bond motifs is 1. The summed E-state index contributed by atoms with van der Waals surface area (Å²) >= 11 is 0. The average molecular weight is 211 g/mol. The highest BCUT2D eigenvalue weighted by Crippen LogP contribution is 2.20. The van der Waals surface area contributed by atoms with E-state index >= 15 is 0 Å². The Morgan fingerprint density at radius 3 is 2.81 bits per heavy atom. The van der Waals surface area contributed by atoms with Crippen LogP contribution in [0.3, 0.4) is 0 Å². The van der Waals surface area contributed by atoms with Crippen LogP contribution in [-0.4, -0.2) is 21.1 Å². The third-order valence-corrected chi connectivity index (χ3v) is 2.55. The molecular formula is C12H9N3O. The van der Waals surface area contributed by atoms with Crippen molar-refractivity contribution in [2.45, 2.75) is 0 Å². The van der Waals surface area contributed by atoms with Crippen molar-refractivity contribution < 1.29 is 4.79 Å². The quantitative estimate of drug-likeness (QED) is 0.660. The number of aromatic amines is 1. The summed E-state index contributed by atoms with van der Waals surface area (Å²) in [5.74, 6) is 0.845. The van der Waals surface area contributed by atoms with E-state index in [9.17, 15) is 4.79 Å². The van der Waals surface area contributed by atoms with Gasteiger partial charge in [-0.15, -0.1) is 0 Å². The lowest BCUT2D eigenvalue weighted by Crippen LogP contribution is -1.90. The molecule has 0 unspecified atom stereocenters. The molecule has 4 nitrogen and oxygen atoms in total. The zero-order valence-electron chi connectivity index (χ0n) is 8.42. The van der Waals surface area contributed by atoms with Gasteiger partial charge in [0.2, 0.25) is 0 Å². The van der Waals surface area contributed by atoms with Crippen molar-refractivity contribution >= 4 is 17.2 Å². The van der Waals surface area contributed by atoms with Gasteiger partial charge in [0.05, 0.1) is 5.52 Å². The van der Waals surface area contributed by atoms with Crippen LogP contribution in [0.1, 0.15) is 10.4 Å². The van der Waals surface area contributed by atoms with Crippen molar-refractivity contribution in [3.05, 3.63) is 48.3 Å². The van der Waals surface area contributed by atoms with Gasteiger partial charge in [-0.25, -0.2) is 0 Å². The van der Waals surface area contributed by atoms with Gasteiger partial charge >= 0.3 is 0 Å². The minimum Gasteiger partial charge on any atom is -0.307 e. The predicted octanol–water partition coefficient (Wildman–Crippen LogP) is 2.17. The number of H-pyrrole nitrogens is 1. The van der Waals surface area contributed by atoms with Gasteiger partial charge < -0.3 is 4.57 Å². The van der Waals surface area contributed by atoms with Crippen LogP contribution in [0.25, 0.3) is 16.7 Å². The van der Waals surface area contributed by atoms with Crippen molar-refractivity contribution in [2.24, 2.45) is 0 Å². The molecule has 0 amide bonds. The maximum Gasteiger partial charge on any atom is 0.166 e. The summed E-state index contributed by atoms with van der Waals surface area (Å²) in [6.07, 6.45) is 4.70. The average Bonchev–Trinajstić information content (AvgIpc) is 2.96. The van der Waals surface area contributed by atoms with Crippen molar-refractivity contribution in [2.75, 3.05) is 0 Å². The Balaban J connectivity index is 2.25. The second kappa shape index (κ2) is 3.34. The number of rotatable bonds is 2. The van der Waals surface area contributed by atoms with Crippen LogP contribution in [0.4, 0.5) is 0 Å². The molecule has 0 saturated heterocycles. The normalized spacial score (nSPS) is 10.8. The molecule has 0 fully saturated rings. The summed E-state index contributed by atoms with van der Waals surface area (Å²) in [5.41, 5.74) is 1.52. The molecule has 4 heteroatoms. The van der Waals surface area contributed by atoms with Crippen LogP contribution in [-0.2, 0) is 0 Å². The highest BCUT2D eigenvalue weighted by atomic mass is 16.1. The fraction of sp³-hybridized carbons (Fsp3) is 0. The van der Waals surface area contributed by atoms with Gasteiger partial charge in [-0.1, -0.05) is 6.07 Å². The van der Waals surface area contributed by atoms with Crippen LogP contribution in [0.15, 0.2) is 42.7 Å². The number of benzene rings is 1. The Hall–Kier alpha value is -2.36. The highest BCUT2D eigenvalue weighted by molar-refractivity contribution is 5.90. The fourth-order valence-electron chi connectivity index (χ4n) is 1.77. The van der Waals surface area contributed by atoms with E-state index in [-0.39, 0.29) is 0 Å². The third-order valence-electron chi connectivity index (χ3n) is 2.55. The number of carbonyl (C=O) groups excluding carboxylic acids is 1. The van der Waals surface area contributed by atoms with Crippen molar-refractivity contribution in [1.82, 2.24) is 14.8 Å². The molecule has 3 aromatic rings. The van der Waals surface area contributed by atoms with Gasteiger partial charge in [-0.2, -0.15) is 5.10 Å². The van der Waals surface area contributed by atoms with Gasteiger partial charge in [-0.05, 0) is 24.3 Å². The minimum absolute atomic E-state index is 0.648. The lowest BCUT2D eigenvalue weighted by Gasteiger charge is -1.97. The monoisotopic (exact) mass is 211 g/mol. The lowest BCUT2D eigenvalue weighted by molar-refractivity contribution is 0.112. The Labute approximate surface area is 91.5 Å². The zero-order chi connectivity index (χ0) is 11.0. The number of nitrogens with zero attached hydrogens (tertiary/aromatic N) is 2. The fourth-order valence-corrected chi connectivity index (χ4v) is 1.77. The highest BCUT2D eigenvalue weighted by Gasteiger charge is 2.06. The number of carbonyl (C=O) groups is 1. The van der Waals surface area contributed by atoms with Crippen LogP contribution >= 0.6 is 0 Å². The first kappa shape index (κ1) is 8.91. The van der Waals surface area contributed by atoms with E-state index in [1.165, 1.54) is 0 Å². The summed E-state index contributed by atoms with van der Waals surface area (Å²) in [5, 5.41) is 8.16. The molecule has 1 aromatic carbocycles. The Morgan fingerprint density at radius 2 is 2.06 bits per heavy atom. The number of hydrogen-bond donors (Lipinski definition) is 1. The first-order chi connectivity index (χ1) is 7.88. The number of hydrogen-bond acceptors (Lipinski definition) is 2. The molecule has 3 rings (SSSR count). The predicted molar refractivity (Wildman–Crippen MR) is 60.8 cm³/mol. The molecule has 0 radical (unpaired) electrons. The summed E-state index contributed by atoms with van der Waals surface area (Å²) < 4.78 is 1.93. The van der Waals surface area contributed by atoms with Crippen LogP contribution in [0, 0.1) is 0 Å². The van der Waals surface area contributed by atoms with Crippen molar-refractivity contribution in [1.29, 1.82) is 0 Å². The molecule has 0 aliphatic heterocycles. The SMILES string of the molecule is O=Cc1ccc2c(-n3cccc3)n[nH]c2c1. The summed E-state index contributed by atoms with van der Waals surface area (Å²) in [7, 11) is 0. The molecule has 0 bridgehead atoms. The standard InChI is InChI=1S/C12H9N3O/c16-8-9-3-4-10-11(7-9)13-14-12(10)15-5-1-2-6-15/h1-8H,(H,13,14). The van der Waals surface area contributed by atoms with E-state index < -0.39 is 0 Å². The van der Waals surface area contributed by atoms with E-state index in [1.807, 2.05) is 35.2 Å². The molecule has 0 aliphatic rings. The molecule has 16 heavy (non-hydrogen) atoms. The molecule has 0 saturated carbocycles. The number of nitrogens with one attached hydrogen (secondary N) is 1. The maximum atomic E-state index is 10.6. The smallest absolute Gasteiger partial charge is 0.166 e. The minimum atomic E-state index is 0.648. The second-order valence-electron chi connectivity index (χ2n) is 3.56. The van der Waals surface area contributed by atoms with Gasteiger partial charge in [0.25, 0.3) is 0 Å². The molecule has 0 spiro atoms. The van der Waals surface area contributed by atoms with Gasteiger partial charge in [-0.3, -0.25) is 9.89 Å². The Bertz CT molecular complexity index is 637. The van der Waals surface area contributed by atoms with Crippen LogP contribution in [0.5, 0.6) is 0 Å². The Morgan fingerprint density at radius 1 is 1.25 bits per heavy atom. The van der Waals surface area contributed by atoms with Crippen LogP contribution < -0.4 is 0 Å². The van der Waals surface area contributed by atoms with E-state index in [1.54, 1.807) is 12.1 Å². The van der Waals surface area contributed by atoms with E-state index in [4.69, 9.17) is 0 Å².